The summed E-state index contributed by atoms with van der Waals surface area (Å²) in [6, 6.07) is 5.93. The van der Waals surface area contributed by atoms with Gasteiger partial charge in [0, 0.05) is 10.0 Å². The highest BCUT2D eigenvalue weighted by molar-refractivity contribution is 9.10. The van der Waals surface area contributed by atoms with E-state index >= 15 is 0 Å². The van der Waals surface area contributed by atoms with E-state index < -0.39 is 11.9 Å². The Hall–Kier alpha value is -1.47. The van der Waals surface area contributed by atoms with Gasteiger partial charge in [0.05, 0.1) is 0 Å². The fourth-order valence-corrected chi connectivity index (χ4v) is 1.54. The van der Waals surface area contributed by atoms with Crippen molar-refractivity contribution in [1.29, 1.82) is 0 Å². The molecule has 0 saturated heterocycles. The number of hydrogen-bond donors (Lipinski definition) is 3. The lowest BCUT2D eigenvalue weighted by molar-refractivity contribution is 0.0977. The number of thiocarbonyl (C=S) groups is 1. The van der Waals surface area contributed by atoms with Crippen molar-refractivity contribution in [3.63, 3.8) is 0 Å². The van der Waals surface area contributed by atoms with E-state index in [-0.39, 0.29) is 5.11 Å². The van der Waals surface area contributed by atoms with Gasteiger partial charge in [-0.05, 0) is 30.4 Å². The molecule has 3 amide bonds. The number of primary amides is 1. The summed E-state index contributed by atoms with van der Waals surface area (Å²) >= 11 is 7.92. The third-order valence-corrected chi connectivity index (χ3v) is 2.25. The Balaban J connectivity index is 2.66. The van der Waals surface area contributed by atoms with Crippen LogP contribution in [0.4, 0.5) is 4.79 Å². The van der Waals surface area contributed by atoms with Crippen LogP contribution in [0.5, 0.6) is 0 Å². The summed E-state index contributed by atoms with van der Waals surface area (Å²) in [7, 11) is 0. The van der Waals surface area contributed by atoms with E-state index in [2.05, 4.69) is 38.8 Å². The third kappa shape index (κ3) is 3.95. The van der Waals surface area contributed by atoms with Crippen molar-refractivity contribution in [3.8, 4) is 0 Å². The second kappa shape index (κ2) is 5.57. The van der Waals surface area contributed by atoms with Crippen LogP contribution < -0.4 is 16.4 Å². The average Bonchev–Trinajstić information content (AvgIpc) is 2.16. The summed E-state index contributed by atoms with van der Waals surface area (Å²) in [6.07, 6.45) is 0. The normalized spacial score (nSPS) is 9.31. The molecule has 1 rings (SSSR count). The van der Waals surface area contributed by atoms with Crippen LogP contribution in [0.2, 0.25) is 0 Å². The number of rotatable bonds is 1. The Morgan fingerprint density at radius 3 is 2.56 bits per heavy atom. The van der Waals surface area contributed by atoms with Crippen molar-refractivity contribution in [3.05, 3.63) is 34.3 Å². The Morgan fingerprint density at radius 1 is 1.31 bits per heavy atom. The van der Waals surface area contributed by atoms with Crippen LogP contribution in [0.3, 0.4) is 0 Å². The largest absolute Gasteiger partial charge is 0.351 e. The van der Waals surface area contributed by atoms with Gasteiger partial charge < -0.3 is 5.73 Å². The summed E-state index contributed by atoms with van der Waals surface area (Å²) in [6.45, 7) is 0. The monoisotopic (exact) mass is 301 g/mol. The molecule has 0 unspecified atom stereocenters. The Bertz CT molecular complexity index is 450. The predicted octanol–water partition coefficient (Wildman–Crippen LogP) is 1.13. The Morgan fingerprint density at radius 2 is 2.00 bits per heavy atom. The second-order valence-electron chi connectivity index (χ2n) is 2.78. The molecule has 1 aromatic carbocycles. The van der Waals surface area contributed by atoms with E-state index in [1.807, 2.05) is 0 Å². The molecule has 0 bridgehead atoms. The molecule has 0 atom stereocenters. The summed E-state index contributed by atoms with van der Waals surface area (Å²) in [5.41, 5.74) is 5.25. The first-order chi connectivity index (χ1) is 7.49. The fraction of sp³-hybridized carbons (Fsp3) is 0. The first-order valence-electron chi connectivity index (χ1n) is 4.16. The van der Waals surface area contributed by atoms with Gasteiger partial charge in [-0.1, -0.05) is 22.0 Å². The Labute approximate surface area is 106 Å². The first kappa shape index (κ1) is 12.6. The van der Waals surface area contributed by atoms with Crippen LogP contribution in [-0.2, 0) is 0 Å². The summed E-state index contributed by atoms with van der Waals surface area (Å²) in [5, 5.41) is 4.27. The van der Waals surface area contributed by atoms with Crippen LogP contribution in [0.1, 0.15) is 10.4 Å². The van der Waals surface area contributed by atoms with Gasteiger partial charge >= 0.3 is 6.03 Å². The van der Waals surface area contributed by atoms with Gasteiger partial charge in [0.2, 0.25) is 0 Å². The maximum absolute atomic E-state index is 11.6. The zero-order valence-electron chi connectivity index (χ0n) is 7.99. The first-order valence-corrected chi connectivity index (χ1v) is 5.36. The molecule has 0 radical (unpaired) electrons. The quantitative estimate of drug-likeness (QED) is 0.680. The van der Waals surface area contributed by atoms with Gasteiger partial charge in [-0.25, -0.2) is 4.79 Å². The minimum atomic E-state index is -0.820. The molecule has 4 N–H and O–H groups in total. The highest BCUT2D eigenvalue weighted by Gasteiger charge is 2.08. The summed E-state index contributed by atoms with van der Waals surface area (Å²) in [4.78, 5) is 22.0. The van der Waals surface area contributed by atoms with Crippen molar-refractivity contribution in [1.82, 2.24) is 10.6 Å². The van der Waals surface area contributed by atoms with Crippen LogP contribution in [0.25, 0.3) is 0 Å². The zero-order valence-corrected chi connectivity index (χ0v) is 10.4. The molecular weight excluding hydrogens is 294 g/mol. The molecule has 1 aromatic rings. The van der Waals surface area contributed by atoms with E-state index in [0.717, 1.165) is 4.47 Å². The van der Waals surface area contributed by atoms with Crippen molar-refractivity contribution < 1.29 is 9.59 Å². The Kier molecular flexibility index (Phi) is 4.39. The van der Waals surface area contributed by atoms with Crippen molar-refractivity contribution in [2.24, 2.45) is 5.73 Å². The topological polar surface area (TPSA) is 84.2 Å². The SMILES string of the molecule is NC(=O)NC(=S)NC(=O)c1cccc(Br)c1. The van der Waals surface area contributed by atoms with E-state index in [1.54, 1.807) is 24.3 Å². The molecule has 0 fully saturated rings. The summed E-state index contributed by atoms with van der Waals surface area (Å²) in [5.74, 6) is -0.417. The fourth-order valence-electron chi connectivity index (χ4n) is 0.948. The van der Waals surface area contributed by atoms with Crippen LogP contribution >= 0.6 is 28.1 Å². The number of carbonyl (C=O) groups is 2. The maximum atomic E-state index is 11.6. The molecule has 0 aliphatic rings. The molecule has 0 aliphatic heterocycles. The average molecular weight is 302 g/mol. The lowest BCUT2D eigenvalue weighted by atomic mass is 10.2. The molecule has 0 spiro atoms. The van der Waals surface area contributed by atoms with Gasteiger partial charge in [-0.15, -0.1) is 0 Å². The molecule has 5 nitrogen and oxygen atoms in total. The highest BCUT2D eigenvalue weighted by atomic mass is 79.9. The standard InChI is InChI=1S/C9H8BrN3O2S/c10-6-3-1-2-5(4-6)7(14)12-9(16)13-8(11)15/h1-4H,(H4,11,12,13,14,15,16). The smallest absolute Gasteiger partial charge is 0.318 e. The molecule has 7 heteroatoms. The van der Waals surface area contributed by atoms with Crippen LogP contribution in [0, 0.1) is 0 Å². The van der Waals surface area contributed by atoms with E-state index in [4.69, 9.17) is 5.73 Å². The second-order valence-corrected chi connectivity index (χ2v) is 4.11. The molecule has 0 aromatic heterocycles. The molecule has 84 valence electrons. The molecule has 16 heavy (non-hydrogen) atoms. The minimum Gasteiger partial charge on any atom is -0.351 e. The predicted molar refractivity (Wildman–Crippen MR) is 66.9 cm³/mol. The van der Waals surface area contributed by atoms with E-state index in [9.17, 15) is 9.59 Å². The number of urea groups is 1. The lowest BCUT2D eigenvalue weighted by Gasteiger charge is -2.06. The maximum Gasteiger partial charge on any atom is 0.318 e. The van der Waals surface area contributed by atoms with Gasteiger partial charge in [0.15, 0.2) is 5.11 Å². The number of hydrogen-bond acceptors (Lipinski definition) is 3. The van der Waals surface area contributed by atoms with E-state index in [0.29, 0.717) is 5.56 Å². The van der Waals surface area contributed by atoms with Crippen molar-refractivity contribution in [2.45, 2.75) is 0 Å². The van der Waals surface area contributed by atoms with Crippen molar-refractivity contribution in [2.75, 3.05) is 0 Å². The molecule has 0 heterocycles. The third-order valence-electron chi connectivity index (χ3n) is 1.55. The number of halogens is 1. The van der Waals surface area contributed by atoms with E-state index in [1.165, 1.54) is 0 Å². The van der Waals surface area contributed by atoms with Gasteiger partial charge in [-0.3, -0.25) is 15.4 Å². The number of nitrogens with one attached hydrogen (secondary N) is 2. The zero-order chi connectivity index (χ0) is 12.1. The number of benzene rings is 1. The van der Waals surface area contributed by atoms with Crippen LogP contribution in [-0.4, -0.2) is 17.1 Å². The van der Waals surface area contributed by atoms with Gasteiger partial charge in [-0.2, -0.15) is 0 Å². The minimum absolute atomic E-state index is 0.127. The number of amides is 3. The molecule has 0 saturated carbocycles. The summed E-state index contributed by atoms with van der Waals surface area (Å²) < 4.78 is 0.772. The molecule has 0 aliphatic carbocycles. The molecular formula is C9H8BrN3O2S. The van der Waals surface area contributed by atoms with Crippen molar-refractivity contribution >= 4 is 45.2 Å². The number of carbonyl (C=O) groups excluding carboxylic acids is 2. The van der Waals surface area contributed by atoms with Crippen LogP contribution in [0.15, 0.2) is 28.7 Å². The van der Waals surface area contributed by atoms with Gasteiger partial charge in [0.25, 0.3) is 5.91 Å². The lowest BCUT2D eigenvalue weighted by Crippen LogP contribution is -2.44. The van der Waals surface area contributed by atoms with Gasteiger partial charge in [0.1, 0.15) is 0 Å². The number of nitrogens with two attached hydrogens (primary N) is 1. The highest BCUT2D eigenvalue weighted by Crippen LogP contribution is 2.11.